The maximum Gasteiger partial charge on any atom is 0.00965 e. The van der Waals surface area contributed by atoms with E-state index in [-0.39, 0.29) is 5.54 Å². The lowest BCUT2D eigenvalue weighted by atomic mass is 10.1. The molecular weight excluding hydrogens is 208 g/mol. The average Bonchev–Trinajstić information content (AvgIpc) is 2.23. The van der Waals surface area contributed by atoms with Gasteiger partial charge in [-0.05, 0) is 67.0 Å². The van der Waals surface area contributed by atoms with Crippen LogP contribution in [0.2, 0.25) is 0 Å². The number of hydrogen-bond donors (Lipinski definition) is 1. The van der Waals surface area contributed by atoms with Crippen LogP contribution in [0, 0.1) is 0 Å². The van der Waals surface area contributed by atoms with E-state index in [2.05, 4.69) is 58.7 Å². The van der Waals surface area contributed by atoms with Gasteiger partial charge in [0.05, 0.1) is 0 Å². The Labute approximate surface area is 109 Å². The Hall–Kier alpha value is -0.0800. The highest BCUT2D eigenvalue weighted by atomic mass is 15.2. The molecule has 0 saturated carbocycles. The van der Waals surface area contributed by atoms with Gasteiger partial charge in [-0.3, -0.25) is 4.90 Å². The van der Waals surface area contributed by atoms with Crippen LogP contribution in [-0.2, 0) is 0 Å². The Kier molecular flexibility index (Phi) is 8.06. The van der Waals surface area contributed by atoms with E-state index in [0.29, 0.717) is 12.1 Å². The number of hydrogen-bond acceptors (Lipinski definition) is 2. The van der Waals surface area contributed by atoms with Crippen LogP contribution >= 0.6 is 0 Å². The van der Waals surface area contributed by atoms with Crippen molar-refractivity contribution in [2.24, 2.45) is 0 Å². The van der Waals surface area contributed by atoms with Gasteiger partial charge in [0.1, 0.15) is 0 Å². The molecule has 0 aromatic carbocycles. The fraction of sp³-hybridized carbons (Fsp3) is 1.00. The van der Waals surface area contributed by atoms with Gasteiger partial charge in [0, 0.05) is 17.6 Å². The minimum absolute atomic E-state index is 0.254. The van der Waals surface area contributed by atoms with Crippen molar-refractivity contribution >= 4 is 0 Å². The lowest BCUT2D eigenvalue weighted by molar-refractivity contribution is 0.149. The Morgan fingerprint density at radius 2 is 1.65 bits per heavy atom. The fourth-order valence-corrected chi connectivity index (χ4v) is 2.32. The topological polar surface area (TPSA) is 15.3 Å². The van der Waals surface area contributed by atoms with Crippen molar-refractivity contribution in [2.45, 2.75) is 85.4 Å². The molecule has 0 fully saturated rings. The van der Waals surface area contributed by atoms with Crippen LogP contribution in [0.15, 0.2) is 0 Å². The van der Waals surface area contributed by atoms with E-state index in [9.17, 15) is 0 Å². The number of nitrogens with zero attached hydrogens (tertiary/aromatic N) is 1. The first-order valence-corrected chi connectivity index (χ1v) is 7.32. The van der Waals surface area contributed by atoms with E-state index >= 15 is 0 Å². The van der Waals surface area contributed by atoms with Gasteiger partial charge in [0.15, 0.2) is 0 Å². The van der Waals surface area contributed by atoms with Gasteiger partial charge in [0.2, 0.25) is 0 Å². The summed E-state index contributed by atoms with van der Waals surface area (Å²) in [5.74, 6) is 0. The summed E-state index contributed by atoms with van der Waals surface area (Å²) in [5.41, 5.74) is 0.254. The summed E-state index contributed by atoms with van der Waals surface area (Å²) in [6, 6.07) is 1.42. The third-order valence-electron chi connectivity index (χ3n) is 3.54. The molecule has 1 N–H and O–H groups in total. The minimum atomic E-state index is 0.254. The average molecular weight is 242 g/mol. The van der Waals surface area contributed by atoms with Gasteiger partial charge in [-0.25, -0.2) is 0 Å². The zero-order chi connectivity index (χ0) is 13.5. The van der Waals surface area contributed by atoms with E-state index in [0.717, 1.165) is 6.54 Å². The molecule has 0 rings (SSSR count). The van der Waals surface area contributed by atoms with Gasteiger partial charge in [-0.1, -0.05) is 13.8 Å². The highest BCUT2D eigenvalue weighted by Gasteiger charge is 2.16. The zero-order valence-corrected chi connectivity index (χ0v) is 13.1. The molecule has 0 saturated heterocycles. The summed E-state index contributed by atoms with van der Waals surface area (Å²) in [4.78, 5) is 2.62. The lowest BCUT2D eigenvalue weighted by Crippen LogP contribution is -2.41. The second kappa shape index (κ2) is 8.10. The second-order valence-corrected chi connectivity index (χ2v) is 6.26. The summed E-state index contributed by atoms with van der Waals surface area (Å²) in [6.07, 6.45) is 3.81. The molecule has 2 unspecified atom stereocenters. The molecule has 2 nitrogen and oxygen atoms in total. The van der Waals surface area contributed by atoms with Crippen LogP contribution in [-0.4, -0.2) is 35.6 Å². The van der Waals surface area contributed by atoms with Crippen molar-refractivity contribution < 1.29 is 0 Å². The van der Waals surface area contributed by atoms with Crippen LogP contribution in [0.3, 0.4) is 0 Å². The first-order chi connectivity index (χ1) is 7.81. The molecule has 0 aliphatic carbocycles. The van der Waals surface area contributed by atoms with Crippen LogP contribution in [0.4, 0.5) is 0 Å². The summed E-state index contributed by atoms with van der Waals surface area (Å²) in [7, 11) is 0. The Balaban J connectivity index is 3.87. The van der Waals surface area contributed by atoms with Crippen molar-refractivity contribution in [1.29, 1.82) is 0 Å². The highest BCUT2D eigenvalue weighted by molar-refractivity contribution is 4.74. The van der Waals surface area contributed by atoms with Gasteiger partial charge >= 0.3 is 0 Å². The van der Waals surface area contributed by atoms with Crippen LogP contribution in [0.1, 0.15) is 67.7 Å². The molecule has 0 spiro atoms. The third-order valence-corrected chi connectivity index (χ3v) is 3.54. The summed E-state index contributed by atoms with van der Waals surface area (Å²) >= 11 is 0. The minimum Gasteiger partial charge on any atom is -0.312 e. The maximum atomic E-state index is 3.56. The molecule has 2 heteroatoms. The quantitative estimate of drug-likeness (QED) is 0.653. The standard InChI is InChI=1S/C15H34N2/c1-8-13(3)17(9-2)14(4)11-10-12-16-15(5,6)7/h13-14,16H,8-12H2,1-7H3. The van der Waals surface area contributed by atoms with E-state index in [1.807, 2.05) is 0 Å². The van der Waals surface area contributed by atoms with Gasteiger partial charge in [-0.15, -0.1) is 0 Å². The molecule has 0 aliphatic heterocycles. The lowest BCUT2D eigenvalue weighted by Gasteiger charge is -2.33. The molecule has 0 aromatic rings. The Morgan fingerprint density at radius 1 is 1.06 bits per heavy atom. The predicted molar refractivity (Wildman–Crippen MR) is 78.6 cm³/mol. The first kappa shape index (κ1) is 16.9. The predicted octanol–water partition coefficient (Wildman–Crippen LogP) is 3.66. The van der Waals surface area contributed by atoms with Crippen LogP contribution < -0.4 is 5.32 Å². The van der Waals surface area contributed by atoms with Crippen molar-refractivity contribution in [1.82, 2.24) is 10.2 Å². The van der Waals surface area contributed by atoms with Crippen molar-refractivity contribution in [3.63, 3.8) is 0 Å². The van der Waals surface area contributed by atoms with Gasteiger partial charge in [-0.2, -0.15) is 0 Å². The van der Waals surface area contributed by atoms with E-state index in [1.54, 1.807) is 0 Å². The molecule has 17 heavy (non-hydrogen) atoms. The molecule has 0 aromatic heterocycles. The second-order valence-electron chi connectivity index (χ2n) is 6.26. The third kappa shape index (κ3) is 7.77. The molecule has 0 amide bonds. The normalized spacial score (nSPS) is 16.2. The maximum absolute atomic E-state index is 3.56. The molecule has 104 valence electrons. The Morgan fingerprint density at radius 3 is 2.06 bits per heavy atom. The van der Waals surface area contributed by atoms with E-state index in [1.165, 1.54) is 25.8 Å². The Bertz CT molecular complexity index is 184. The van der Waals surface area contributed by atoms with Gasteiger partial charge in [0.25, 0.3) is 0 Å². The summed E-state index contributed by atoms with van der Waals surface area (Å²) < 4.78 is 0. The molecular formula is C15H34N2. The van der Waals surface area contributed by atoms with Crippen LogP contribution in [0.5, 0.6) is 0 Å². The van der Waals surface area contributed by atoms with E-state index in [4.69, 9.17) is 0 Å². The number of rotatable bonds is 8. The summed E-state index contributed by atoms with van der Waals surface area (Å²) in [5, 5.41) is 3.56. The monoisotopic (exact) mass is 242 g/mol. The molecule has 2 atom stereocenters. The first-order valence-electron chi connectivity index (χ1n) is 7.32. The fourth-order valence-electron chi connectivity index (χ4n) is 2.32. The number of nitrogens with one attached hydrogen (secondary N) is 1. The van der Waals surface area contributed by atoms with E-state index < -0.39 is 0 Å². The zero-order valence-electron chi connectivity index (χ0n) is 13.1. The van der Waals surface area contributed by atoms with Crippen molar-refractivity contribution in [2.75, 3.05) is 13.1 Å². The van der Waals surface area contributed by atoms with Crippen molar-refractivity contribution in [3.05, 3.63) is 0 Å². The smallest absolute Gasteiger partial charge is 0.00965 e. The molecule has 0 aliphatic rings. The molecule has 0 bridgehead atoms. The SMILES string of the molecule is CCC(C)N(CC)C(C)CCCNC(C)(C)C. The van der Waals surface area contributed by atoms with Gasteiger partial charge < -0.3 is 5.32 Å². The van der Waals surface area contributed by atoms with Crippen LogP contribution in [0.25, 0.3) is 0 Å². The molecule has 0 radical (unpaired) electrons. The highest BCUT2D eigenvalue weighted by Crippen LogP contribution is 2.12. The largest absolute Gasteiger partial charge is 0.312 e. The molecule has 0 heterocycles. The summed E-state index contributed by atoms with van der Waals surface area (Å²) in [6.45, 7) is 18.3. The van der Waals surface area contributed by atoms with Crippen molar-refractivity contribution in [3.8, 4) is 0 Å².